The van der Waals surface area contributed by atoms with Crippen LogP contribution in [0.4, 0.5) is 0 Å². The number of esters is 1. The molecule has 1 aromatic carbocycles. The van der Waals surface area contributed by atoms with Crippen molar-refractivity contribution in [3.05, 3.63) is 59.5 Å². The molecule has 1 atom stereocenters. The molecule has 29 heavy (non-hydrogen) atoms. The minimum absolute atomic E-state index is 0.0704. The molecule has 4 rings (SSSR count). The molecule has 0 radical (unpaired) electrons. The Morgan fingerprint density at radius 3 is 2.76 bits per heavy atom. The molecule has 2 aromatic heterocycles. The van der Waals surface area contributed by atoms with Crippen molar-refractivity contribution in [1.29, 1.82) is 0 Å². The number of nitrogens with zero attached hydrogens (tertiary/aromatic N) is 2. The molecule has 1 aliphatic heterocycles. The number of benzene rings is 1. The van der Waals surface area contributed by atoms with E-state index in [0.717, 1.165) is 29.7 Å². The molecule has 152 valence electrons. The van der Waals surface area contributed by atoms with Crippen LogP contribution in [0.1, 0.15) is 41.6 Å². The van der Waals surface area contributed by atoms with Crippen molar-refractivity contribution in [2.45, 2.75) is 33.2 Å². The van der Waals surface area contributed by atoms with E-state index in [2.05, 4.69) is 0 Å². The molecule has 6 nitrogen and oxygen atoms in total. The normalized spacial score (nSPS) is 16.9. The molecule has 3 heterocycles. The molecule has 1 amide bonds. The van der Waals surface area contributed by atoms with Gasteiger partial charge in [-0.15, -0.1) is 0 Å². The highest BCUT2D eigenvalue weighted by molar-refractivity contribution is 5.98. The van der Waals surface area contributed by atoms with Gasteiger partial charge in [-0.05, 0) is 32.3 Å². The van der Waals surface area contributed by atoms with Gasteiger partial charge in [-0.2, -0.15) is 0 Å². The molecule has 0 N–H and O–H groups in total. The summed E-state index contributed by atoms with van der Waals surface area (Å²) in [5.41, 5.74) is 3.32. The maximum absolute atomic E-state index is 13.4. The van der Waals surface area contributed by atoms with E-state index in [1.165, 1.54) is 0 Å². The average molecular weight is 394 g/mol. The second-order valence-corrected chi connectivity index (χ2v) is 7.55. The van der Waals surface area contributed by atoms with E-state index >= 15 is 0 Å². The Kier molecular flexibility index (Phi) is 5.43. The third kappa shape index (κ3) is 3.92. The number of furan rings is 1. The van der Waals surface area contributed by atoms with E-state index in [4.69, 9.17) is 9.15 Å². The molecule has 0 saturated carbocycles. The van der Waals surface area contributed by atoms with Crippen molar-refractivity contribution in [3.63, 3.8) is 0 Å². The molecule has 0 spiro atoms. The highest BCUT2D eigenvalue weighted by Gasteiger charge is 2.31. The first-order valence-corrected chi connectivity index (χ1v) is 10.2. The zero-order valence-electron chi connectivity index (χ0n) is 16.9. The van der Waals surface area contributed by atoms with Gasteiger partial charge in [-0.1, -0.05) is 30.3 Å². The largest absolute Gasteiger partial charge is 0.466 e. The van der Waals surface area contributed by atoms with Crippen LogP contribution < -0.4 is 0 Å². The van der Waals surface area contributed by atoms with Gasteiger partial charge in [0.05, 0.1) is 18.0 Å². The predicted molar refractivity (Wildman–Crippen MR) is 110 cm³/mol. The smallest absolute Gasteiger partial charge is 0.310 e. The Labute approximate surface area is 170 Å². The predicted octanol–water partition coefficient (Wildman–Crippen LogP) is 4.01. The van der Waals surface area contributed by atoms with Crippen LogP contribution in [-0.4, -0.2) is 41.0 Å². The highest BCUT2D eigenvalue weighted by Crippen LogP contribution is 2.27. The first-order chi connectivity index (χ1) is 14.1. The quantitative estimate of drug-likeness (QED) is 0.614. The summed E-state index contributed by atoms with van der Waals surface area (Å²) in [5, 5.41) is 0. The lowest BCUT2D eigenvalue weighted by Crippen LogP contribution is -2.43. The summed E-state index contributed by atoms with van der Waals surface area (Å²) in [6.07, 6.45) is 1.55. The summed E-state index contributed by atoms with van der Waals surface area (Å²) in [5.74, 6) is 0.277. The number of amides is 1. The number of likely N-dealkylation sites (tertiary alicyclic amines) is 1. The fourth-order valence-corrected chi connectivity index (χ4v) is 4.05. The van der Waals surface area contributed by atoms with E-state index in [1.807, 2.05) is 54.0 Å². The van der Waals surface area contributed by atoms with Gasteiger partial charge in [0.15, 0.2) is 5.58 Å². The Morgan fingerprint density at radius 1 is 1.21 bits per heavy atom. The third-order valence-corrected chi connectivity index (χ3v) is 5.44. The number of fused-ring (bicyclic) bond motifs is 1. The van der Waals surface area contributed by atoms with Crippen molar-refractivity contribution in [3.8, 4) is 0 Å². The molecular formula is C23H26N2O4. The van der Waals surface area contributed by atoms with Crippen molar-refractivity contribution in [2.24, 2.45) is 5.92 Å². The molecule has 6 heteroatoms. The Hall–Kier alpha value is -3.02. The van der Waals surface area contributed by atoms with Crippen molar-refractivity contribution < 1.29 is 18.7 Å². The Morgan fingerprint density at radius 2 is 2.00 bits per heavy atom. The molecule has 1 fully saturated rings. The average Bonchev–Trinajstić information content (AvgIpc) is 3.25. The lowest BCUT2D eigenvalue weighted by Gasteiger charge is -2.31. The number of ether oxygens (including phenoxy) is 1. The van der Waals surface area contributed by atoms with E-state index in [-0.39, 0.29) is 17.8 Å². The standard InChI is InChI=1S/C23H26N2O4/c1-3-28-23(27)18-10-7-11-24(15-18)22(26)20-13-21-19(12-16(2)29-21)25(20)14-17-8-5-4-6-9-17/h4-6,8-9,12-13,18H,3,7,10-11,14-15H2,1-2H3/t18-/m1/s1. The SMILES string of the molecule is CCOC(=O)[C@@H]1CCCN(C(=O)c2cc3oc(C)cc3n2Cc2ccccc2)C1. The summed E-state index contributed by atoms with van der Waals surface area (Å²) in [6, 6.07) is 13.8. The van der Waals surface area contributed by atoms with Crippen molar-refractivity contribution >= 4 is 23.0 Å². The molecule has 0 unspecified atom stereocenters. The molecule has 0 bridgehead atoms. The van der Waals surface area contributed by atoms with Gasteiger partial charge in [0.1, 0.15) is 11.5 Å². The maximum Gasteiger partial charge on any atom is 0.310 e. The first-order valence-electron chi connectivity index (χ1n) is 10.2. The zero-order chi connectivity index (χ0) is 20.4. The minimum Gasteiger partial charge on any atom is -0.466 e. The first kappa shape index (κ1) is 19.3. The number of hydrogen-bond acceptors (Lipinski definition) is 4. The zero-order valence-corrected chi connectivity index (χ0v) is 16.9. The van der Waals surface area contributed by atoms with Gasteiger partial charge in [0, 0.05) is 31.8 Å². The summed E-state index contributed by atoms with van der Waals surface area (Å²) in [6.45, 7) is 5.69. The molecule has 1 saturated heterocycles. The van der Waals surface area contributed by atoms with Crippen LogP contribution in [0.2, 0.25) is 0 Å². The lowest BCUT2D eigenvalue weighted by molar-refractivity contribution is -0.149. The van der Waals surface area contributed by atoms with Crippen LogP contribution in [0, 0.1) is 12.8 Å². The highest BCUT2D eigenvalue weighted by atomic mass is 16.5. The molecule has 1 aliphatic rings. The van der Waals surface area contributed by atoms with Crippen LogP contribution in [0.3, 0.4) is 0 Å². The van der Waals surface area contributed by atoms with Gasteiger partial charge in [0.25, 0.3) is 5.91 Å². The van der Waals surface area contributed by atoms with E-state index in [9.17, 15) is 9.59 Å². The summed E-state index contributed by atoms with van der Waals surface area (Å²) >= 11 is 0. The van der Waals surface area contributed by atoms with Crippen LogP contribution >= 0.6 is 0 Å². The number of carbonyl (C=O) groups excluding carboxylic acids is 2. The van der Waals surface area contributed by atoms with E-state index in [0.29, 0.717) is 37.5 Å². The van der Waals surface area contributed by atoms with Gasteiger partial charge in [-0.3, -0.25) is 9.59 Å². The maximum atomic E-state index is 13.4. The van der Waals surface area contributed by atoms with Crippen LogP contribution in [0.15, 0.2) is 46.9 Å². The van der Waals surface area contributed by atoms with Crippen LogP contribution in [0.5, 0.6) is 0 Å². The molecule has 0 aliphatic carbocycles. The van der Waals surface area contributed by atoms with Gasteiger partial charge < -0.3 is 18.6 Å². The van der Waals surface area contributed by atoms with Crippen molar-refractivity contribution in [2.75, 3.05) is 19.7 Å². The van der Waals surface area contributed by atoms with E-state index < -0.39 is 0 Å². The summed E-state index contributed by atoms with van der Waals surface area (Å²) in [7, 11) is 0. The number of aromatic nitrogens is 1. The number of aryl methyl sites for hydroxylation is 1. The van der Waals surface area contributed by atoms with Crippen molar-refractivity contribution in [1.82, 2.24) is 9.47 Å². The Bertz CT molecular complexity index is 1020. The van der Waals surface area contributed by atoms with Gasteiger partial charge in [0.2, 0.25) is 0 Å². The van der Waals surface area contributed by atoms with Gasteiger partial charge >= 0.3 is 5.97 Å². The van der Waals surface area contributed by atoms with Crippen LogP contribution in [0.25, 0.3) is 11.1 Å². The third-order valence-electron chi connectivity index (χ3n) is 5.44. The number of piperidine rings is 1. The monoisotopic (exact) mass is 394 g/mol. The molecule has 3 aromatic rings. The fourth-order valence-electron chi connectivity index (χ4n) is 4.05. The minimum atomic E-state index is -0.254. The summed E-state index contributed by atoms with van der Waals surface area (Å²) in [4.78, 5) is 27.3. The van der Waals surface area contributed by atoms with E-state index in [1.54, 1.807) is 11.8 Å². The summed E-state index contributed by atoms with van der Waals surface area (Å²) < 4.78 is 13.0. The number of rotatable bonds is 5. The number of hydrogen-bond donors (Lipinski definition) is 0. The topological polar surface area (TPSA) is 64.7 Å². The second-order valence-electron chi connectivity index (χ2n) is 7.55. The fraction of sp³-hybridized carbons (Fsp3) is 0.391. The van der Waals surface area contributed by atoms with Crippen LogP contribution in [-0.2, 0) is 16.1 Å². The lowest BCUT2D eigenvalue weighted by atomic mass is 9.98. The Balaban J connectivity index is 1.64. The van der Waals surface area contributed by atoms with Gasteiger partial charge in [-0.25, -0.2) is 0 Å². The molecular weight excluding hydrogens is 368 g/mol. The number of carbonyl (C=O) groups is 2. The second kappa shape index (κ2) is 8.15.